The standard InChI is InChI=1S/C11H16O3/c1-11(2,3)7-6-4-5-8(13-6)9(7)14-10(5)12/h5-9H,4H2,1-3H3. The van der Waals surface area contributed by atoms with Gasteiger partial charge in [0, 0.05) is 5.92 Å². The van der Waals surface area contributed by atoms with Crippen molar-refractivity contribution in [1.29, 1.82) is 0 Å². The van der Waals surface area contributed by atoms with Crippen LogP contribution < -0.4 is 0 Å². The molecule has 5 unspecified atom stereocenters. The number of esters is 1. The van der Waals surface area contributed by atoms with Gasteiger partial charge < -0.3 is 9.47 Å². The lowest BCUT2D eigenvalue weighted by atomic mass is 9.69. The third-order valence-corrected chi connectivity index (χ3v) is 3.85. The van der Waals surface area contributed by atoms with E-state index in [1.807, 2.05) is 0 Å². The Morgan fingerprint density at radius 1 is 1.29 bits per heavy atom. The Balaban J connectivity index is 1.96. The number of rotatable bonds is 0. The molecule has 0 aromatic rings. The van der Waals surface area contributed by atoms with E-state index in [1.165, 1.54) is 0 Å². The summed E-state index contributed by atoms with van der Waals surface area (Å²) in [5, 5.41) is 0. The molecular weight excluding hydrogens is 180 g/mol. The monoisotopic (exact) mass is 196 g/mol. The van der Waals surface area contributed by atoms with Crippen LogP contribution in [-0.2, 0) is 14.3 Å². The summed E-state index contributed by atoms with van der Waals surface area (Å²) in [5.41, 5.74) is 0.166. The molecular formula is C11H16O3. The van der Waals surface area contributed by atoms with Gasteiger partial charge in [-0.15, -0.1) is 0 Å². The number of carbonyl (C=O) groups is 1. The summed E-state index contributed by atoms with van der Waals surface area (Å²) in [6.45, 7) is 6.59. The summed E-state index contributed by atoms with van der Waals surface area (Å²) in [5.74, 6) is 0.396. The van der Waals surface area contributed by atoms with Crippen LogP contribution in [0, 0.1) is 17.3 Å². The molecule has 3 saturated heterocycles. The molecule has 0 aromatic heterocycles. The molecule has 0 saturated carbocycles. The van der Waals surface area contributed by atoms with Gasteiger partial charge in [0.2, 0.25) is 0 Å². The van der Waals surface area contributed by atoms with Crippen molar-refractivity contribution in [2.45, 2.75) is 45.5 Å². The van der Waals surface area contributed by atoms with Gasteiger partial charge >= 0.3 is 5.97 Å². The zero-order valence-corrected chi connectivity index (χ0v) is 8.82. The predicted molar refractivity (Wildman–Crippen MR) is 49.6 cm³/mol. The first kappa shape index (κ1) is 8.72. The number of hydrogen-bond acceptors (Lipinski definition) is 3. The number of hydrogen-bond donors (Lipinski definition) is 0. The Morgan fingerprint density at radius 2 is 2.00 bits per heavy atom. The molecule has 3 aliphatic rings. The molecule has 0 amide bonds. The van der Waals surface area contributed by atoms with E-state index in [9.17, 15) is 4.79 Å². The second kappa shape index (κ2) is 2.32. The fourth-order valence-electron chi connectivity index (χ4n) is 3.33. The SMILES string of the molecule is CC(C)(C)C1C2CC3C(=O)OC1C3O2. The zero-order valence-electron chi connectivity index (χ0n) is 8.82. The summed E-state index contributed by atoms with van der Waals surface area (Å²) in [4.78, 5) is 11.5. The Hall–Kier alpha value is -0.570. The Kier molecular flexibility index (Phi) is 1.45. The Bertz CT molecular complexity index is 291. The minimum atomic E-state index is -0.0331. The fourth-order valence-corrected chi connectivity index (χ4v) is 3.33. The third kappa shape index (κ3) is 0.888. The maximum Gasteiger partial charge on any atom is 0.312 e. The van der Waals surface area contributed by atoms with E-state index < -0.39 is 0 Å². The highest BCUT2D eigenvalue weighted by atomic mass is 16.6. The number of carbonyl (C=O) groups excluding carboxylic acids is 1. The van der Waals surface area contributed by atoms with Crippen LogP contribution in [0.3, 0.4) is 0 Å². The van der Waals surface area contributed by atoms with E-state index in [1.54, 1.807) is 0 Å². The highest BCUT2D eigenvalue weighted by molar-refractivity contribution is 5.77. The largest absolute Gasteiger partial charge is 0.459 e. The van der Waals surface area contributed by atoms with Gasteiger partial charge in [0.15, 0.2) is 0 Å². The summed E-state index contributed by atoms with van der Waals surface area (Å²) < 4.78 is 11.2. The summed E-state index contributed by atoms with van der Waals surface area (Å²) in [6, 6.07) is 0. The van der Waals surface area contributed by atoms with Crippen molar-refractivity contribution in [2.75, 3.05) is 0 Å². The molecule has 0 N–H and O–H groups in total. The Morgan fingerprint density at radius 3 is 2.64 bits per heavy atom. The molecule has 3 aliphatic heterocycles. The van der Waals surface area contributed by atoms with Crippen LogP contribution >= 0.6 is 0 Å². The zero-order chi connectivity index (χ0) is 10.1. The van der Waals surface area contributed by atoms with Crippen LogP contribution in [0.15, 0.2) is 0 Å². The van der Waals surface area contributed by atoms with Gasteiger partial charge in [-0.25, -0.2) is 0 Å². The van der Waals surface area contributed by atoms with Gasteiger partial charge in [-0.1, -0.05) is 20.8 Å². The molecule has 0 aliphatic carbocycles. The molecule has 2 bridgehead atoms. The lowest BCUT2D eigenvalue weighted by molar-refractivity contribution is -0.145. The molecule has 5 atom stereocenters. The minimum absolute atomic E-state index is 0.0331. The van der Waals surface area contributed by atoms with E-state index in [-0.39, 0.29) is 35.6 Å². The van der Waals surface area contributed by atoms with Crippen molar-refractivity contribution >= 4 is 5.97 Å². The van der Waals surface area contributed by atoms with Crippen molar-refractivity contribution in [3.8, 4) is 0 Å². The molecule has 3 fully saturated rings. The third-order valence-electron chi connectivity index (χ3n) is 3.85. The number of ether oxygens (including phenoxy) is 2. The van der Waals surface area contributed by atoms with Crippen LogP contribution in [-0.4, -0.2) is 24.3 Å². The van der Waals surface area contributed by atoms with Crippen molar-refractivity contribution in [1.82, 2.24) is 0 Å². The molecule has 0 radical (unpaired) electrons. The van der Waals surface area contributed by atoms with Crippen LogP contribution in [0.2, 0.25) is 0 Å². The van der Waals surface area contributed by atoms with Crippen LogP contribution in [0.5, 0.6) is 0 Å². The molecule has 3 heteroatoms. The second-order valence-corrected chi connectivity index (χ2v) is 5.77. The molecule has 0 aromatic carbocycles. The number of fused-ring (bicyclic) bond motifs is 1. The second-order valence-electron chi connectivity index (χ2n) is 5.77. The van der Waals surface area contributed by atoms with Crippen molar-refractivity contribution in [3.05, 3.63) is 0 Å². The van der Waals surface area contributed by atoms with Gasteiger partial charge in [0.25, 0.3) is 0 Å². The summed E-state index contributed by atoms with van der Waals surface area (Å²) >= 11 is 0. The van der Waals surface area contributed by atoms with E-state index in [0.717, 1.165) is 6.42 Å². The fraction of sp³-hybridized carbons (Fsp3) is 0.909. The van der Waals surface area contributed by atoms with Crippen LogP contribution in [0.25, 0.3) is 0 Å². The highest BCUT2D eigenvalue weighted by Gasteiger charge is 2.65. The van der Waals surface area contributed by atoms with E-state index in [4.69, 9.17) is 9.47 Å². The predicted octanol–water partition coefficient (Wildman–Crippen LogP) is 1.36. The lowest BCUT2D eigenvalue weighted by Gasteiger charge is -2.33. The molecule has 14 heavy (non-hydrogen) atoms. The molecule has 3 rings (SSSR count). The maximum absolute atomic E-state index is 11.5. The van der Waals surface area contributed by atoms with Crippen molar-refractivity contribution in [3.63, 3.8) is 0 Å². The first-order valence-electron chi connectivity index (χ1n) is 5.34. The maximum atomic E-state index is 11.5. The average Bonchev–Trinajstić information content (AvgIpc) is 2.59. The average molecular weight is 196 g/mol. The van der Waals surface area contributed by atoms with Gasteiger partial charge in [-0.2, -0.15) is 0 Å². The first-order valence-corrected chi connectivity index (χ1v) is 5.34. The smallest absolute Gasteiger partial charge is 0.312 e. The normalized spacial score (nSPS) is 49.9. The van der Waals surface area contributed by atoms with Gasteiger partial charge in [0.1, 0.15) is 12.2 Å². The van der Waals surface area contributed by atoms with E-state index in [0.29, 0.717) is 5.92 Å². The van der Waals surface area contributed by atoms with Crippen molar-refractivity contribution < 1.29 is 14.3 Å². The van der Waals surface area contributed by atoms with Crippen LogP contribution in [0.4, 0.5) is 0 Å². The molecule has 78 valence electrons. The summed E-state index contributed by atoms with van der Waals surface area (Å²) in [6.07, 6.45) is 1.23. The van der Waals surface area contributed by atoms with Crippen molar-refractivity contribution in [2.24, 2.45) is 17.3 Å². The quantitative estimate of drug-likeness (QED) is 0.549. The molecule has 3 heterocycles. The minimum Gasteiger partial charge on any atom is -0.459 e. The van der Waals surface area contributed by atoms with Gasteiger partial charge in [0.05, 0.1) is 12.0 Å². The van der Waals surface area contributed by atoms with Gasteiger partial charge in [-0.3, -0.25) is 4.79 Å². The summed E-state index contributed by atoms with van der Waals surface area (Å²) in [7, 11) is 0. The Labute approximate surface area is 83.8 Å². The van der Waals surface area contributed by atoms with E-state index in [2.05, 4.69) is 20.8 Å². The molecule has 3 nitrogen and oxygen atoms in total. The molecule has 0 spiro atoms. The van der Waals surface area contributed by atoms with E-state index >= 15 is 0 Å². The first-order chi connectivity index (χ1) is 6.48. The lowest BCUT2D eigenvalue weighted by Crippen LogP contribution is -2.40. The highest BCUT2D eigenvalue weighted by Crippen LogP contribution is 2.54. The van der Waals surface area contributed by atoms with Crippen LogP contribution in [0.1, 0.15) is 27.2 Å². The topological polar surface area (TPSA) is 35.5 Å². The van der Waals surface area contributed by atoms with Gasteiger partial charge in [-0.05, 0) is 11.8 Å².